The van der Waals surface area contributed by atoms with Crippen molar-refractivity contribution in [2.45, 2.75) is 65.0 Å². The first-order chi connectivity index (χ1) is 11.3. The molecular formula is C18H29ClN2O3. The van der Waals surface area contributed by atoms with Crippen LogP contribution in [0.1, 0.15) is 52.9 Å². The summed E-state index contributed by atoms with van der Waals surface area (Å²) in [5, 5.41) is 0. The van der Waals surface area contributed by atoms with Crippen molar-refractivity contribution in [3.05, 3.63) is 0 Å². The molecule has 1 N–H and O–H groups in total. The second-order valence-electron chi connectivity index (χ2n) is 8.67. The van der Waals surface area contributed by atoms with E-state index in [0.29, 0.717) is 12.5 Å². The number of fused-ring (bicyclic) bond motifs is 1. The molecule has 5 nitrogen and oxygen atoms in total. The van der Waals surface area contributed by atoms with Crippen LogP contribution in [0.3, 0.4) is 0 Å². The van der Waals surface area contributed by atoms with Gasteiger partial charge in [-0.2, -0.15) is 0 Å². The summed E-state index contributed by atoms with van der Waals surface area (Å²) in [5.74, 6) is 0.223. The van der Waals surface area contributed by atoms with Crippen LogP contribution in [0, 0.1) is 22.7 Å². The molecule has 0 spiro atoms. The molecule has 0 aromatic heterocycles. The molecule has 136 valence electrons. The molecule has 1 heterocycles. The number of amides is 1. The van der Waals surface area contributed by atoms with Gasteiger partial charge in [0.25, 0.3) is 0 Å². The molecule has 0 aromatic carbocycles. The van der Waals surface area contributed by atoms with Crippen LogP contribution < -0.4 is 4.84 Å². The summed E-state index contributed by atoms with van der Waals surface area (Å²) in [6.07, 6.45) is 5.43. The minimum atomic E-state index is -0.470. The van der Waals surface area contributed by atoms with Crippen LogP contribution in [0.2, 0.25) is 0 Å². The number of carbonyl (C=O) groups is 2. The Morgan fingerprint density at radius 1 is 1.21 bits per heavy atom. The molecule has 0 unspecified atom stereocenters. The number of hydrogen-bond donors (Lipinski definition) is 1. The van der Waals surface area contributed by atoms with E-state index >= 15 is 0 Å². The number of ether oxygens (including phenoxy) is 1. The second-order valence-corrected chi connectivity index (χ2v) is 8.89. The number of rotatable bonds is 4. The molecule has 3 rings (SSSR count). The molecule has 1 amide bonds. The van der Waals surface area contributed by atoms with E-state index in [0.717, 1.165) is 25.7 Å². The van der Waals surface area contributed by atoms with Crippen LogP contribution in [0.15, 0.2) is 0 Å². The van der Waals surface area contributed by atoms with E-state index in [4.69, 9.17) is 16.5 Å². The Labute approximate surface area is 149 Å². The lowest BCUT2D eigenvalue weighted by Gasteiger charge is -2.42. The molecule has 2 saturated carbocycles. The topological polar surface area (TPSA) is 58.6 Å². The fourth-order valence-electron chi connectivity index (χ4n) is 5.19. The zero-order chi connectivity index (χ0) is 17.7. The SMILES string of the molecule is COC(=O)[C@@H]1[C@@H]2[C@H](CN1C(=O)[C@@H](NCl)C1(C)CCCCC1)C2(C)C. The van der Waals surface area contributed by atoms with Crippen molar-refractivity contribution in [3.8, 4) is 0 Å². The highest BCUT2D eigenvalue weighted by atomic mass is 35.5. The molecule has 0 radical (unpaired) electrons. The highest BCUT2D eigenvalue weighted by molar-refractivity contribution is 6.15. The van der Waals surface area contributed by atoms with Gasteiger partial charge in [0.1, 0.15) is 12.1 Å². The number of nitrogens with one attached hydrogen (secondary N) is 1. The van der Waals surface area contributed by atoms with Gasteiger partial charge in [-0.25, -0.2) is 9.63 Å². The van der Waals surface area contributed by atoms with Crippen LogP contribution in [0.4, 0.5) is 0 Å². The summed E-state index contributed by atoms with van der Waals surface area (Å²) in [6.45, 7) is 7.10. The van der Waals surface area contributed by atoms with Crippen molar-refractivity contribution in [1.82, 2.24) is 9.74 Å². The average molecular weight is 357 g/mol. The summed E-state index contributed by atoms with van der Waals surface area (Å²) in [7, 11) is 1.40. The Hall–Kier alpha value is -0.810. The van der Waals surface area contributed by atoms with Crippen molar-refractivity contribution in [2.75, 3.05) is 13.7 Å². The van der Waals surface area contributed by atoms with Gasteiger partial charge in [0, 0.05) is 12.5 Å². The maximum atomic E-state index is 13.3. The highest BCUT2D eigenvalue weighted by Crippen LogP contribution is 2.65. The Morgan fingerprint density at radius 3 is 2.38 bits per heavy atom. The van der Waals surface area contributed by atoms with Crippen molar-refractivity contribution in [2.24, 2.45) is 22.7 Å². The lowest BCUT2D eigenvalue weighted by atomic mass is 9.70. The van der Waals surface area contributed by atoms with Gasteiger partial charge in [0.05, 0.1) is 7.11 Å². The first-order valence-corrected chi connectivity index (χ1v) is 9.40. The summed E-state index contributed by atoms with van der Waals surface area (Å²) in [4.78, 5) is 30.1. The molecule has 0 bridgehead atoms. The first-order valence-electron chi connectivity index (χ1n) is 9.02. The van der Waals surface area contributed by atoms with E-state index in [-0.39, 0.29) is 28.6 Å². The van der Waals surface area contributed by atoms with Gasteiger partial charge in [-0.3, -0.25) is 4.79 Å². The van der Waals surface area contributed by atoms with Crippen molar-refractivity contribution < 1.29 is 14.3 Å². The Balaban J connectivity index is 1.81. The van der Waals surface area contributed by atoms with Gasteiger partial charge in [-0.1, -0.05) is 40.0 Å². The minimum Gasteiger partial charge on any atom is -0.467 e. The van der Waals surface area contributed by atoms with Crippen LogP contribution in [-0.2, 0) is 14.3 Å². The highest BCUT2D eigenvalue weighted by Gasteiger charge is 2.70. The molecule has 0 aromatic rings. The number of esters is 1. The molecule has 2 aliphatic carbocycles. The summed E-state index contributed by atoms with van der Waals surface area (Å²) in [6, 6.07) is -0.922. The third-order valence-electron chi connectivity index (χ3n) is 6.98. The number of hydrogen-bond acceptors (Lipinski definition) is 4. The predicted octanol–water partition coefficient (Wildman–Crippen LogP) is 2.72. The number of piperidine rings is 1. The second kappa shape index (κ2) is 6.17. The van der Waals surface area contributed by atoms with Crippen LogP contribution in [-0.4, -0.2) is 42.5 Å². The van der Waals surface area contributed by atoms with Gasteiger partial charge in [0.15, 0.2) is 0 Å². The van der Waals surface area contributed by atoms with Gasteiger partial charge in [-0.05, 0) is 41.4 Å². The molecule has 3 fully saturated rings. The van der Waals surface area contributed by atoms with Gasteiger partial charge >= 0.3 is 5.97 Å². The number of methoxy groups -OCH3 is 1. The van der Waals surface area contributed by atoms with Crippen LogP contribution in [0.5, 0.6) is 0 Å². The first kappa shape index (κ1) is 18.0. The van der Waals surface area contributed by atoms with E-state index in [1.54, 1.807) is 4.90 Å². The number of nitrogens with zero attached hydrogens (tertiary/aromatic N) is 1. The molecule has 1 saturated heterocycles. The minimum absolute atomic E-state index is 0.0483. The van der Waals surface area contributed by atoms with Gasteiger partial charge in [0.2, 0.25) is 5.91 Å². The monoisotopic (exact) mass is 356 g/mol. The van der Waals surface area contributed by atoms with Gasteiger partial charge < -0.3 is 9.64 Å². The number of halogens is 1. The normalized spacial score (nSPS) is 34.4. The van der Waals surface area contributed by atoms with E-state index < -0.39 is 12.1 Å². The van der Waals surface area contributed by atoms with E-state index in [2.05, 4.69) is 25.6 Å². The van der Waals surface area contributed by atoms with Crippen LogP contribution >= 0.6 is 11.8 Å². The summed E-state index contributed by atoms with van der Waals surface area (Å²) >= 11 is 6.01. The standard InChI is InChI=1S/C18H29ClN2O3/c1-17(2)11-10-21(13(12(11)17)16(23)24-4)15(22)14(20-19)18(3)8-6-5-7-9-18/h11-14,20H,5-10H2,1-4H3/t11-,12-,13-,14+/m0/s1. The van der Waals surface area contributed by atoms with Crippen LogP contribution in [0.25, 0.3) is 0 Å². The van der Waals surface area contributed by atoms with Crippen molar-refractivity contribution >= 4 is 23.7 Å². The fraction of sp³-hybridized carbons (Fsp3) is 0.889. The predicted molar refractivity (Wildman–Crippen MR) is 92.2 cm³/mol. The molecule has 24 heavy (non-hydrogen) atoms. The molecule has 4 atom stereocenters. The lowest BCUT2D eigenvalue weighted by molar-refractivity contribution is -0.155. The number of carbonyl (C=O) groups excluding carboxylic acids is 2. The Bertz CT molecular complexity index is 530. The lowest BCUT2D eigenvalue weighted by Crippen LogP contribution is -2.57. The molecular weight excluding hydrogens is 328 g/mol. The largest absolute Gasteiger partial charge is 0.467 e. The molecule has 3 aliphatic rings. The number of likely N-dealkylation sites (tertiary alicyclic amines) is 1. The van der Waals surface area contributed by atoms with E-state index in [1.165, 1.54) is 13.5 Å². The van der Waals surface area contributed by atoms with Gasteiger partial charge in [-0.15, -0.1) is 0 Å². The fourth-order valence-corrected chi connectivity index (χ4v) is 5.55. The zero-order valence-corrected chi connectivity index (χ0v) is 15.9. The zero-order valence-electron chi connectivity index (χ0n) is 15.1. The third-order valence-corrected chi connectivity index (χ3v) is 7.20. The smallest absolute Gasteiger partial charge is 0.328 e. The maximum Gasteiger partial charge on any atom is 0.328 e. The maximum absolute atomic E-state index is 13.3. The summed E-state index contributed by atoms with van der Waals surface area (Å²) < 4.78 is 5.00. The van der Waals surface area contributed by atoms with Crippen molar-refractivity contribution in [1.29, 1.82) is 0 Å². The average Bonchev–Trinajstić information content (AvgIpc) is 2.91. The molecule has 1 aliphatic heterocycles. The van der Waals surface area contributed by atoms with Crippen molar-refractivity contribution in [3.63, 3.8) is 0 Å². The van der Waals surface area contributed by atoms with E-state index in [1.807, 2.05) is 0 Å². The Kier molecular flexibility index (Phi) is 4.63. The third kappa shape index (κ3) is 2.64. The quantitative estimate of drug-likeness (QED) is 0.621. The Morgan fingerprint density at radius 2 is 1.83 bits per heavy atom. The van der Waals surface area contributed by atoms with E-state index in [9.17, 15) is 9.59 Å². The summed E-state index contributed by atoms with van der Waals surface area (Å²) in [5.41, 5.74) is -0.0473. The molecule has 6 heteroatoms.